The second kappa shape index (κ2) is 15.5. The fraction of sp³-hybridized carbons (Fsp3) is 0.438. The summed E-state index contributed by atoms with van der Waals surface area (Å²) in [5, 5.41) is 2.92. The van der Waals surface area contributed by atoms with Crippen molar-refractivity contribution >= 4 is 29.0 Å². The van der Waals surface area contributed by atoms with Crippen LogP contribution in [0.2, 0.25) is 0 Å². The van der Waals surface area contributed by atoms with Crippen molar-refractivity contribution in [3.8, 4) is 23.0 Å². The van der Waals surface area contributed by atoms with E-state index in [1.54, 1.807) is 58.0 Å². The number of carbonyl (C=O) groups excluding carboxylic acids is 2. The van der Waals surface area contributed by atoms with Gasteiger partial charge < -0.3 is 38.8 Å². The van der Waals surface area contributed by atoms with Crippen molar-refractivity contribution in [1.82, 2.24) is 9.80 Å². The van der Waals surface area contributed by atoms with Gasteiger partial charge in [0.15, 0.2) is 11.5 Å². The summed E-state index contributed by atoms with van der Waals surface area (Å²) in [6, 6.07) is 14.6. The molecule has 0 bridgehead atoms. The maximum absolute atomic E-state index is 13.9. The molecule has 2 aromatic carbocycles. The van der Waals surface area contributed by atoms with Crippen LogP contribution in [0.15, 0.2) is 48.5 Å². The lowest BCUT2D eigenvalue weighted by atomic mass is 10.1. The van der Waals surface area contributed by atoms with Crippen LogP contribution < -0.4 is 24.3 Å². The number of benzene rings is 2. The number of methoxy groups -OCH3 is 4. The van der Waals surface area contributed by atoms with Crippen LogP contribution in [0.3, 0.4) is 0 Å². The minimum atomic E-state index is -0.397. The van der Waals surface area contributed by atoms with E-state index < -0.39 is 6.03 Å². The van der Waals surface area contributed by atoms with E-state index in [4.69, 9.17) is 23.7 Å². The number of rotatable bonds is 14. The molecule has 232 valence electrons. The first-order valence-electron chi connectivity index (χ1n) is 14.3. The molecule has 0 radical (unpaired) electrons. The highest BCUT2D eigenvalue weighted by Crippen LogP contribution is 2.29. The maximum atomic E-state index is 13.9. The average molecular weight is 612 g/mol. The molecule has 1 aliphatic rings. The Kier molecular flexibility index (Phi) is 11.5. The van der Waals surface area contributed by atoms with Crippen LogP contribution in [-0.2, 0) is 22.5 Å². The Morgan fingerprint density at radius 1 is 0.930 bits per heavy atom. The van der Waals surface area contributed by atoms with E-state index >= 15 is 0 Å². The van der Waals surface area contributed by atoms with E-state index in [2.05, 4.69) is 11.4 Å². The standard InChI is InChI=1S/C32H41N3O7S/c1-22-8-10-28(43-22)20-34(13-12-23-9-11-29(40-4)30(15-23)41-5)31(36)21-35(19-25-7-6-14-42-25)32(37)33-24-16-26(38-2)18-27(17-24)39-3/h8-11,15-18,25H,6-7,12-14,19-21H2,1-5H3,(H,33,37). The highest BCUT2D eigenvalue weighted by molar-refractivity contribution is 7.11. The van der Waals surface area contributed by atoms with Gasteiger partial charge in [0.25, 0.3) is 0 Å². The van der Waals surface area contributed by atoms with Gasteiger partial charge in [-0.1, -0.05) is 6.07 Å². The van der Waals surface area contributed by atoms with Crippen LogP contribution in [0.5, 0.6) is 23.0 Å². The third-order valence-electron chi connectivity index (χ3n) is 7.28. The van der Waals surface area contributed by atoms with Gasteiger partial charge in [-0.2, -0.15) is 0 Å². The van der Waals surface area contributed by atoms with Crippen LogP contribution in [0, 0.1) is 6.92 Å². The van der Waals surface area contributed by atoms with E-state index in [1.165, 1.54) is 9.78 Å². The number of anilines is 1. The summed E-state index contributed by atoms with van der Waals surface area (Å²) >= 11 is 1.66. The fourth-order valence-corrected chi connectivity index (χ4v) is 5.86. The summed E-state index contributed by atoms with van der Waals surface area (Å²) in [5.41, 5.74) is 1.52. The Hall–Kier alpha value is -3.96. The molecular formula is C32H41N3O7S. The predicted octanol–water partition coefficient (Wildman–Crippen LogP) is 5.38. The Balaban J connectivity index is 1.53. The Morgan fingerprint density at radius 2 is 1.67 bits per heavy atom. The third-order valence-corrected chi connectivity index (χ3v) is 8.26. The molecule has 11 heteroatoms. The number of carbonyl (C=O) groups is 2. The number of aryl methyl sites for hydroxylation is 1. The van der Waals surface area contributed by atoms with Crippen molar-refractivity contribution in [3.63, 3.8) is 0 Å². The van der Waals surface area contributed by atoms with Crippen LogP contribution in [-0.4, -0.2) is 82.5 Å². The highest BCUT2D eigenvalue weighted by Gasteiger charge is 2.27. The topological polar surface area (TPSA) is 98.8 Å². The first-order valence-corrected chi connectivity index (χ1v) is 15.1. The summed E-state index contributed by atoms with van der Waals surface area (Å²) in [5.74, 6) is 2.23. The first-order chi connectivity index (χ1) is 20.8. The first kappa shape index (κ1) is 32.0. The molecular weight excluding hydrogens is 570 g/mol. The molecule has 0 aliphatic carbocycles. The molecule has 10 nitrogen and oxygen atoms in total. The van der Waals surface area contributed by atoms with Crippen molar-refractivity contribution in [1.29, 1.82) is 0 Å². The highest BCUT2D eigenvalue weighted by atomic mass is 32.1. The van der Waals surface area contributed by atoms with Crippen molar-refractivity contribution in [2.24, 2.45) is 0 Å². The zero-order chi connectivity index (χ0) is 30.8. The van der Waals surface area contributed by atoms with E-state index in [9.17, 15) is 9.59 Å². The number of hydrogen-bond donors (Lipinski definition) is 1. The van der Waals surface area contributed by atoms with Crippen LogP contribution in [0.4, 0.5) is 10.5 Å². The summed E-state index contributed by atoms with van der Waals surface area (Å²) in [4.78, 5) is 33.1. The van der Waals surface area contributed by atoms with E-state index in [0.29, 0.717) is 61.3 Å². The SMILES string of the molecule is COc1cc(NC(=O)N(CC(=O)N(CCc2ccc(OC)c(OC)c2)Cc2ccc(C)s2)CC2CCCO2)cc(OC)c1. The van der Waals surface area contributed by atoms with Crippen molar-refractivity contribution < 1.29 is 33.3 Å². The normalized spacial score (nSPS) is 14.2. The van der Waals surface area contributed by atoms with Crippen LogP contribution in [0.25, 0.3) is 0 Å². The minimum Gasteiger partial charge on any atom is -0.497 e. The number of ether oxygens (including phenoxy) is 5. The van der Waals surface area contributed by atoms with Crippen molar-refractivity contribution in [2.75, 3.05) is 60.0 Å². The molecule has 0 spiro atoms. The monoisotopic (exact) mass is 611 g/mol. The molecule has 3 aromatic rings. The fourth-order valence-electron chi connectivity index (χ4n) is 4.95. The number of thiophene rings is 1. The van der Waals surface area contributed by atoms with Gasteiger partial charge in [0.05, 0.1) is 41.1 Å². The lowest BCUT2D eigenvalue weighted by Gasteiger charge is -2.29. The lowest BCUT2D eigenvalue weighted by molar-refractivity contribution is -0.132. The zero-order valence-electron chi connectivity index (χ0n) is 25.5. The van der Waals surface area contributed by atoms with Crippen LogP contribution in [0.1, 0.15) is 28.2 Å². The van der Waals surface area contributed by atoms with Gasteiger partial charge in [0, 0.05) is 53.3 Å². The molecule has 1 saturated heterocycles. The summed E-state index contributed by atoms with van der Waals surface area (Å²) in [7, 11) is 6.30. The number of nitrogens with one attached hydrogen (secondary N) is 1. The van der Waals surface area contributed by atoms with Gasteiger partial charge in [0.2, 0.25) is 5.91 Å². The Labute approximate surface area is 257 Å². The number of nitrogens with zero attached hydrogens (tertiary/aromatic N) is 2. The van der Waals surface area contributed by atoms with Crippen molar-refractivity contribution in [2.45, 2.75) is 38.8 Å². The third kappa shape index (κ3) is 9.01. The Bertz CT molecular complexity index is 1350. The molecule has 1 fully saturated rings. The molecule has 0 saturated carbocycles. The second-order valence-electron chi connectivity index (χ2n) is 10.3. The van der Waals surface area contributed by atoms with Crippen molar-refractivity contribution in [3.05, 3.63) is 63.8 Å². The summed E-state index contributed by atoms with van der Waals surface area (Å²) < 4.78 is 27.4. The van der Waals surface area contributed by atoms with Gasteiger partial charge >= 0.3 is 6.03 Å². The molecule has 1 aliphatic heterocycles. The molecule has 3 amide bonds. The molecule has 1 N–H and O–H groups in total. The predicted molar refractivity (Wildman–Crippen MR) is 167 cm³/mol. The quantitative estimate of drug-likeness (QED) is 0.262. The smallest absolute Gasteiger partial charge is 0.322 e. The molecule has 1 aromatic heterocycles. The number of hydrogen-bond acceptors (Lipinski definition) is 8. The molecule has 4 rings (SSSR count). The van der Waals surface area contributed by atoms with Gasteiger partial charge in [-0.15, -0.1) is 11.3 Å². The van der Waals surface area contributed by atoms with Crippen LogP contribution >= 0.6 is 11.3 Å². The zero-order valence-corrected chi connectivity index (χ0v) is 26.3. The van der Waals surface area contributed by atoms with E-state index in [-0.39, 0.29) is 18.6 Å². The van der Waals surface area contributed by atoms with Gasteiger partial charge in [-0.25, -0.2) is 4.79 Å². The molecule has 1 unspecified atom stereocenters. The van der Waals surface area contributed by atoms with Gasteiger partial charge in [-0.05, 0) is 56.0 Å². The van der Waals surface area contributed by atoms with Gasteiger partial charge in [-0.3, -0.25) is 4.79 Å². The van der Waals surface area contributed by atoms with E-state index in [1.807, 2.05) is 36.1 Å². The number of urea groups is 1. The molecule has 43 heavy (non-hydrogen) atoms. The minimum absolute atomic E-state index is 0.0942. The Morgan fingerprint density at radius 3 is 2.28 bits per heavy atom. The lowest BCUT2D eigenvalue weighted by Crippen LogP contribution is -2.47. The summed E-state index contributed by atoms with van der Waals surface area (Å²) in [6.07, 6.45) is 2.25. The summed E-state index contributed by atoms with van der Waals surface area (Å²) in [6.45, 7) is 3.83. The largest absolute Gasteiger partial charge is 0.497 e. The van der Waals surface area contributed by atoms with E-state index in [0.717, 1.165) is 23.3 Å². The second-order valence-corrected chi connectivity index (χ2v) is 11.7. The number of amides is 3. The molecule has 1 atom stereocenters. The molecule has 2 heterocycles. The average Bonchev–Trinajstić information content (AvgIpc) is 3.69. The maximum Gasteiger partial charge on any atom is 0.322 e. The van der Waals surface area contributed by atoms with Gasteiger partial charge in [0.1, 0.15) is 18.0 Å².